The molecule has 0 radical (unpaired) electrons. The van der Waals surface area contributed by atoms with Crippen molar-refractivity contribution in [3.05, 3.63) is 42.5 Å². The number of carbonyl (C=O) groups is 3. The van der Waals surface area contributed by atoms with Gasteiger partial charge in [0.2, 0.25) is 0 Å². The number of hydrogen-bond acceptors (Lipinski definition) is 5. The maximum atomic E-state index is 11.4. The summed E-state index contributed by atoms with van der Waals surface area (Å²) in [5, 5.41) is 0. The van der Waals surface area contributed by atoms with Gasteiger partial charge in [-0.2, -0.15) is 0 Å². The van der Waals surface area contributed by atoms with E-state index in [1.165, 1.54) is 24.3 Å². The maximum Gasteiger partial charge on any atom is 0.379 e. The second kappa shape index (κ2) is 5.60. The summed E-state index contributed by atoms with van der Waals surface area (Å²) in [4.78, 5) is 33.2. The van der Waals surface area contributed by atoms with E-state index < -0.39 is 17.7 Å². The summed E-state index contributed by atoms with van der Waals surface area (Å²) in [6.45, 7) is 3.25. The molecule has 0 spiro atoms. The summed E-state index contributed by atoms with van der Waals surface area (Å²) in [5.41, 5.74) is 0.162. The van der Waals surface area contributed by atoms with Gasteiger partial charge in [0.1, 0.15) is 5.75 Å². The number of ketones is 1. The molecule has 0 fully saturated rings. The molecule has 0 aliphatic rings. The van der Waals surface area contributed by atoms with E-state index in [1.807, 2.05) is 0 Å². The molecule has 0 aromatic heterocycles. The van der Waals surface area contributed by atoms with Crippen LogP contribution in [0.1, 0.15) is 10.4 Å². The Morgan fingerprint density at radius 1 is 1.18 bits per heavy atom. The van der Waals surface area contributed by atoms with Crippen LogP contribution in [0.25, 0.3) is 0 Å². The normalized spacial score (nSPS) is 9.24. The second-order valence-corrected chi connectivity index (χ2v) is 2.97. The average molecular weight is 234 g/mol. The van der Waals surface area contributed by atoms with Gasteiger partial charge >= 0.3 is 11.9 Å². The lowest BCUT2D eigenvalue weighted by molar-refractivity contribution is -0.135. The molecule has 0 saturated carbocycles. The van der Waals surface area contributed by atoms with E-state index in [4.69, 9.17) is 4.74 Å². The second-order valence-electron chi connectivity index (χ2n) is 2.97. The highest BCUT2D eigenvalue weighted by molar-refractivity contribution is 6.40. The third-order valence-electron chi connectivity index (χ3n) is 1.87. The highest BCUT2D eigenvalue weighted by atomic mass is 16.5. The van der Waals surface area contributed by atoms with Gasteiger partial charge in [-0.1, -0.05) is 6.58 Å². The molecule has 17 heavy (non-hydrogen) atoms. The van der Waals surface area contributed by atoms with Crippen LogP contribution >= 0.6 is 0 Å². The first-order valence-electron chi connectivity index (χ1n) is 4.65. The first-order valence-corrected chi connectivity index (χ1v) is 4.65. The molecule has 5 heteroatoms. The van der Waals surface area contributed by atoms with Crippen LogP contribution in [0.5, 0.6) is 5.75 Å². The lowest BCUT2D eigenvalue weighted by atomic mass is 10.1. The quantitative estimate of drug-likeness (QED) is 0.257. The Hall–Kier alpha value is -2.43. The summed E-state index contributed by atoms with van der Waals surface area (Å²) < 4.78 is 9.09. The molecule has 0 N–H and O–H groups in total. The van der Waals surface area contributed by atoms with Crippen molar-refractivity contribution in [2.75, 3.05) is 7.11 Å². The van der Waals surface area contributed by atoms with Crippen molar-refractivity contribution < 1.29 is 23.9 Å². The number of methoxy groups -OCH3 is 1. The van der Waals surface area contributed by atoms with Gasteiger partial charge in [-0.15, -0.1) is 0 Å². The largest absolute Gasteiger partial charge is 0.463 e. The summed E-state index contributed by atoms with van der Waals surface area (Å²) in [7, 11) is 1.13. The molecule has 0 aliphatic heterocycles. The van der Waals surface area contributed by atoms with Gasteiger partial charge in [-0.25, -0.2) is 9.59 Å². The standard InChI is InChI=1S/C12H10O5/c1-3-10(13)17-9-6-4-8(5-7-9)11(14)12(15)16-2/h3-7H,1H2,2H3. The van der Waals surface area contributed by atoms with Crippen molar-refractivity contribution in [3.8, 4) is 5.75 Å². The van der Waals surface area contributed by atoms with Crippen LogP contribution < -0.4 is 4.74 Å². The van der Waals surface area contributed by atoms with Crippen molar-refractivity contribution in [2.24, 2.45) is 0 Å². The fraction of sp³-hybridized carbons (Fsp3) is 0.0833. The number of ether oxygens (including phenoxy) is 2. The minimum Gasteiger partial charge on any atom is -0.463 e. The molecule has 0 amide bonds. The van der Waals surface area contributed by atoms with Crippen LogP contribution in [-0.2, 0) is 14.3 Å². The maximum absolute atomic E-state index is 11.4. The van der Waals surface area contributed by atoms with Gasteiger partial charge in [-0.05, 0) is 24.3 Å². The Kier molecular flexibility index (Phi) is 4.16. The predicted octanol–water partition coefficient (Wildman–Crippen LogP) is 1.13. The zero-order chi connectivity index (χ0) is 12.8. The molecule has 0 unspecified atom stereocenters. The summed E-state index contributed by atoms with van der Waals surface area (Å²) >= 11 is 0. The Bertz CT molecular complexity index is 458. The zero-order valence-corrected chi connectivity index (χ0v) is 9.14. The van der Waals surface area contributed by atoms with Gasteiger partial charge in [0, 0.05) is 11.6 Å². The van der Waals surface area contributed by atoms with Crippen LogP contribution in [0.4, 0.5) is 0 Å². The summed E-state index contributed by atoms with van der Waals surface area (Å²) in [5.74, 6) is -2.04. The SMILES string of the molecule is C=CC(=O)Oc1ccc(C(=O)C(=O)OC)cc1. The van der Waals surface area contributed by atoms with Gasteiger partial charge in [0.15, 0.2) is 0 Å². The molecule has 0 bridgehead atoms. The van der Waals surface area contributed by atoms with E-state index >= 15 is 0 Å². The molecule has 88 valence electrons. The average Bonchev–Trinajstić information content (AvgIpc) is 2.37. The van der Waals surface area contributed by atoms with E-state index in [0.29, 0.717) is 0 Å². The van der Waals surface area contributed by atoms with Gasteiger partial charge in [0.25, 0.3) is 5.78 Å². The number of Topliss-reactive ketones (excluding diaryl/α,β-unsaturated/α-hetero) is 1. The highest BCUT2D eigenvalue weighted by Gasteiger charge is 2.16. The number of carbonyl (C=O) groups excluding carboxylic acids is 3. The third-order valence-corrected chi connectivity index (χ3v) is 1.87. The first-order chi connectivity index (χ1) is 8.08. The van der Waals surface area contributed by atoms with Crippen LogP contribution in [0.3, 0.4) is 0 Å². The molecule has 1 aromatic carbocycles. The third kappa shape index (κ3) is 3.27. The Morgan fingerprint density at radius 3 is 2.24 bits per heavy atom. The van der Waals surface area contributed by atoms with Crippen molar-refractivity contribution in [1.29, 1.82) is 0 Å². The Morgan fingerprint density at radius 2 is 1.76 bits per heavy atom. The fourth-order valence-corrected chi connectivity index (χ4v) is 1.04. The lowest BCUT2D eigenvalue weighted by Crippen LogP contribution is -2.15. The van der Waals surface area contributed by atoms with Crippen molar-refractivity contribution in [3.63, 3.8) is 0 Å². The molecular weight excluding hydrogens is 224 g/mol. The fourth-order valence-electron chi connectivity index (χ4n) is 1.04. The van der Waals surface area contributed by atoms with E-state index in [-0.39, 0.29) is 11.3 Å². The molecule has 0 aliphatic carbocycles. The number of hydrogen-bond donors (Lipinski definition) is 0. The molecule has 1 rings (SSSR count). The van der Waals surface area contributed by atoms with Gasteiger partial charge in [-0.3, -0.25) is 4.79 Å². The van der Waals surface area contributed by atoms with Crippen molar-refractivity contribution in [1.82, 2.24) is 0 Å². The van der Waals surface area contributed by atoms with Gasteiger partial charge in [0.05, 0.1) is 7.11 Å². The minimum atomic E-state index is -0.944. The van der Waals surface area contributed by atoms with Gasteiger partial charge < -0.3 is 9.47 Å². The van der Waals surface area contributed by atoms with Crippen molar-refractivity contribution in [2.45, 2.75) is 0 Å². The molecular formula is C12H10O5. The van der Waals surface area contributed by atoms with Crippen molar-refractivity contribution >= 4 is 17.7 Å². The molecule has 0 heterocycles. The lowest BCUT2D eigenvalue weighted by Gasteiger charge is -2.02. The van der Waals surface area contributed by atoms with Crippen LogP contribution in [0.2, 0.25) is 0 Å². The first kappa shape index (κ1) is 12.6. The molecule has 1 aromatic rings. The molecule has 0 atom stereocenters. The topological polar surface area (TPSA) is 69.7 Å². The van der Waals surface area contributed by atoms with Crippen LogP contribution in [0.15, 0.2) is 36.9 Å². The minimum absolute atomic E-state index is 0.162. The summed E-state index contributed by atoms with van der Waals surface area (Å²) in [6, 6.07) is 5.53. The van der Waals surface area contributed by atoms with E-state index in [0.717, 1.165) is 13.2 Å². The number of benzene rings is 1. The predicted molar refractivity (Wildman–Crippen MR) is 58.6 cm³/mol. The smallest absolute Gasteiger partial charge is 0.379 e. The Labute approximate surface area is 97.6 Å². The molecule has 5 nitrogen and oxygen atoms in total. The van der Waals surface area contributed by atoms with Crippen LogP contribution in [0, 0.1) is 0 Å². The van der Waals surface area contributed by atoms with Crippen LogP contribution in [-0.4, -0.2) is 24.8 Å². The van der Waals surface area contributed by atoms with E-state index in [2.05, 4.69) is 11.3 Å². The number of rotatable bonds is 4. The zero-order valence-electron chi connectivity index (χ0n) is 9.14. The highest BCUT2D eigenvalue weighted by Crippen LogP contribution is 2.13. The molecule has 0 saturated heterocycles. The number of esters is 2. The van der Waals surface area contributed by atoms with E-state index in [1.54, 1.807) is 0 Å². The Balaban J connectivity index is 2.81. The summed E-state index contributed by atoms with van der Waals surface area (Å²) in [6.07, 6.45) is 1.02. The van der Waals surface area contributed by atoms with E-state index in [9.17, 15) is 14.4 Å². The monoisotopic (exact) mass is 234 g/mol.